The summed E-state index contributed by atoms with van der Waals surface area (Å²) in [6.45, 7) is 4.09. The molecule has 0 spiro atoms. The van der Waals surface area contributed by atoms with Gasteiger partial charge in [0.15, 0.2) is 0 Å². The third kappa shape index (κ3) is 2.14. The quantitative estimate of drug-likeness (QED) is 0.627. The first-order chi connectivity index (χ1) is 7.13. The number of hydrogen-bond donors (Lipinski definition) is 2. The zero-order valence-electron chi connectivity index (χ0n) is 9.04. The molecule has 0 atom stereocenters. The van der Waals surface area contributed by atoms with Gasteiger partial charge in [-0.15, -0.1) is 12.4 Å². The number of nitrogens with zero attached hydrogens (tertiary/aromatic N) is 1. The molecule has 0 aliphatic carbocycles. The van der Waals surface area contributed by atoms with Crippen LogP contribution >= 0.6 is 28.3 Å². The largest absolute Gasteiger partial charge is 0.308 e. The molecule has 86 valence electrons. The Labute approximate surface area is 109 Å². The minimum atomic E-state index is 0. The summed E-state index contributed by atoms with van der Waals surface area (Å²) in [6.07, 6.45) is 0. The molecule has 1 aromatic carbocycles. The van der Waals surface area contributed by atoms with E-state index in [9.17, 15) is 0 Å². The molecule has 1 aromatic heterocycles. The fourth-order valence-electron chi connectivity index (χ4n) is 1.65. The summed E-state index contributed by atoms with van der Waals surface area (Å²) in [5.74, 6) is 6.07. The van der Waals surface area contributed by atoms with Crippen molar-refractivity contribution in [3.8, 4) is 0 Å². The van der Waals surface area contributed by atoms with E-state index in [-0.39, 0.29) is 12.4 Å². The number of hydrogen-bond acceptors (Lipinski definition) is 3. The number of benzene rings is 1. The summed E-state index contributed by atoms with van der Waals surface area (Å²) >= 11 is 3.50. The maximum absolute atomic E-state index is 5.37. The van der Waals surface area contributed by atoms with Crippen molar-refractivity contribution in [2.24, 2.45) is 5.84 Å². The number of halogens is 2. The number of anilines is 1. The zero-order chi connectivity index (χ0) is 11.0. The van der Waals surface area contributed by atoms with E-state index in [0.29, 0.717) is 5.82 Å². The van der Waals surface area contributed by atoms with Gasteiger partial charge >= 0.3 is 0 Å². The molecule has 0 aliphatic rings. The van der Waals surface area contributed by atoms with Crippen LogP contribution in [-0.4, -0.2) is 4.98 Å². The topological polar surface area (TPSA) is 50.9 Å². The lowest BCUT2D eigenvalue weighted by Crippen LogP contribution is -2.09. The highest BCUT2D eigenvalue weighted by molar-refractivity contribution is 9.10. The van der Waals surface area contributed by atoms with Crippen LogP contribution in [0.5, 0.6) is 0 Å². The second-order valence-corrected chi connectivity index (χ2v) is 4.39. The van der Waals surface area contributed by atoms with Gasteiger partial charge in [-0.1, -0.05) is 22.0 Å². The molecule has 0 radical (unpaired) electrons. The Kier molecular flexibility index (Phi) is 4.13. The van der Waals surface area contributed by atoms with E-state index < -0.39 is 0 Å². The maximum atomic E-state index is 5.37. The molecule has 3 N–H and O–H groups in total. The number of nitrogens with two attached hydrogens (primary N) is 1. The SMILES string of the molecule is Cc1cc(NN)nc2c(C)c(Br)ccc12.Cl. The first-order valence-electron chi connectivity index (χ1n) is 4.66. The summed E-state index contributed by atoms with van der Waals surface area (Å²) in [5, 5.41) is 1.16. The molecule has 3 nitrogen and oxygen atoms in total. The van der Waals surface area contributed by atoms with Crippen molar-refractivity contribution >= 4 is 45.1 Å². The molecule has 5 heteroatoms. The van der Waals surface area contributed by atoms with Gasteiger partial charge in [-0.05, 0) is 37.1 Å². The fourth-order valence-corrected chi connectivity index (χ4v) is 1.97. The summed E-state index contributed by atoms with van der Waals surface area (Å²) < 4.78 is 1.07. The number of fused-ring (bicyclic) bond motifs is 1. The van der Waals surface area contributed by atoms with E-state index in [1.54, 1.807) is 0 Å². The number of rotatable bonds is 1. The second-order valence-electron chi connectivity index (χ2n) is 3.54. The van der Waals surface area contributed by atoms with E-state index in [1.165, 1.54) is 5.56 Å². The number of nitrogen functional groups attached to an aromatic ring is 1. The van der Waals surface area contributed by atoms with Crippen molar-refractivity contribution in [3.63, 3.8) is 0 Å². The van der Waals surface area contributed by atoms with E-state index in [1.807, 2.05) is 19.1 Å². The lowest BCUT2D eigenvalue weighted by Gasteiger charge is -2.08. The average Bonchev–Trinajstić information content (AvgIpc) is 2.23. The second kappa shape index (κ2) is 4.99. The normalized spacial score (nSPS) is 10.0. The Morgan fingerprint density at radius 2 is 2.00 bits per heavy atom. The molecule has 0 fully saturated rings. The van der Waals surface area contributed by atoms with Gasteiger partial charge in [-0.2, -0.15) is 0 Å². The minimum Gasteiger partial charge on any atom is -0.308 e. The van der Waals surface area contributed by atoms with E-state index in [0.717, 1.165) is 20.9 Å². The first kappa shape index (κ1) is 13.2. The molecule has 0 amide bonds. The Balaban J connectivity index is 0.00000128. The third-order valence-electron chi connectivity index (χ3n) is 2.52. The smallest absolute Gasteiger partial charge is 0.140 e. The minimum absolute atomic E-state index is 0. The average molecular weight is 303 g/mol. The Hall–Kier alpha value is -0.840. The maximum Gasteiger partial charge on any atom is 0.140 e. The van der Waals surface area contributed by atoms with Crippen molar-refractivity contribution < 1.29 is 0 Å². The molecule has 0 aliphatic heterocycles. The van der Waals surface area contributed by atoms with Gasteiger partial charge in [0.2, 0.25) is 0 Å². The van der Waals surface area contributed by atoms with Crippen LogP contribution in [0.25, 0.3) is 10.9 Å². The van der Waals surface area contributed by atoms with Gasteiger partial charge in [-0.25, -0.2) is 10.8 Å². The van der Waals surface area contributed by atoms with Crippen molar-refractivity contribution in [2.75, 3.05) is 5.43 Å². The number of nitrogens with one attached hydrogen (secondary N) is 1. The highest BCUT2D eigenvalue weighted by Crippen LogP contribution is 2.27. The van der Waals surface area contributed by atoms with Gasteiger partial charge < -0.3 is 5.43 Å². The molecular formula is C11H13BrClN3. The molecule has 1 heterocycles. The van der Waals surface area contributed by atoms with Crippen LogP contribution in [0.1, 0.15) is 11.1 Å². The Morgan fingerprint density at radius 1 is 1.31 bits per heavy atom. The van der Waals surface area contributed by atoms with Crippen molar-refractivity contribution in [3.05, 3.63) is 33.8 Å². The number of pyridine rings is 1. The molecule has 0 saturated carbocycles. The molecule has 2 aromatic rings. The summed E-state index contributed by atoms with van der Waals surface area (Å²) in [6, 6.07) is 6.05. The third-order valence-corrected chi connectivity index (χ3v) is 3.38. The lowest BCUT2D eigenvalue weighted by atomic mass is 10.1. The first-order valence-corrected chi connectivity index (χ1v) is 5.46. The van der Waals surface area contributed by atoms with Crippen molar-refractivity contribution in [1.29, 1.82) is 0 Å². The van der Waals surface area contributed by atoms with Crippen molar-refractivity contribution in [2.45, 2.75) is 13.8 Å². The molecule has 16 heavy (non-hydrogen) atoms. The lowest BCUT2D eigenvalue weighted by molar-refractivity contribution is 1.24. The Bertz CT molecular complexity index is 528. The predicted molar refractivity (Wildman–Crippen MR) is 74.0 cm³/mol. The van der Waals surface area contributed by atoms with Gasteiger partial charge in [0.25, 0.3) is 0 Å². The number of aryl methyl sites for hydroxylation is 2. The Morgan fingerprint density at radius 3 is 2.62 bits per heavy atom. The molecule has 2 rings (SSSR count). The molecule has 0 saturated heterocycles. The van der Waals surface area contributed by atoms with Crippen LogP contribution < -0.4 is 11.3 Å². The summed E-state index contributed by atoms with van der Waals surface area (Å²) in [4.78, 5) is 4.45. The van der Waals surface area contributed by atoms with Crippen LogP contribution in [-0.2, 0) is 0 Å². The molecule has 0 unspecified atom stereocenters. The van der Waals surface area contributed by atoms with E-state index >= 15 is 0 Å². The van der Waals surface area contributed by atoms with Gasteiger partial charge in [0.1, 0.15) is 5.82 Å². The molecular weight excluding hydrogens is 289 g/mol. The summed E-state index contributed by atoms with van der Waals surface area (Å²) in [5.41, 5.74) is 5.87. The van der Waals surface area contributed by atoms with Crippen LogP contribution in [0.2, 0.25) is 0 Å². The number of hydrazine groups is 1. The predicted octanol–water partition coefficient (Wildman–Crippen LogP) is 3.32. The van der Waals surface area contributed by atoms with Crippen LogP contribution in [0.4, 0.5) is 5.82 Å². The van der Waals surface area contributed by atoms with Crippen LogP contribution in [0.15, 0.2) is 22.7 Å². The van der Waals surface area contributed by atoms with Gasteiger partial charge in [0, 0.05) is 9.86 Å². The van der Waals surface area contributed by atoms with E-state index in [2.05, 4.69) is 39.3 Å². The van der Waals surface area contributed by atoms with Gasteiger partial charge in [-0.3, -0.25) is 0 Å². The molecule has 0 bridgehead atoms. The highest BCUT2D eigenvalue weighted by atomic mass is 79.9. The van der Waals surface area contributed by atoms with Crippen LogP contribution in [0.3, 0.4) is 0 Å². The zero-order valence-corrected chi connectivity index (χ0v) is 11.4. The van der Waals surface area contributed by atoms with Crippen LogP contribution in [0, 0.1) is 13.8 Å². The van der Waals surface area contributed by atoms with Gasteiger partial charge in [0.05, 0.1) is 5.52 Å². The number of aromatic nitrogens is 1. The van der Waals surface area contributed by atoms with E-state index in [4.69, 9.17) is 5.84 Å². The standard InChI is InChI=1S/C11H12BrN3.ClH/c1-6-5-10(15-13)14-11-7(2)9(12)4-3-8(6)11;/h3-5H,13H2,1-2H3,(H,14,15);1H. The highest BCUT2D eigenvalue weighted by Gasteiger charge is 2.06. The van der Waals surface area contributed by atoms with Crippen molar-refractivity contribution in [1.82, 2.24) is 4.98 Å². The fraction of sp³-hybridized carbons (Fsp3) is 0.182. The summed E-state index contributed by atoms with van der Waals surface area (Å²) in [7, 11) is 0. The monoisotopic (exact) mass is 301 g/mol.